The molecule has 1 atom stereocenters. The van der Waals surface area contributed by atoms with Crippen LogP contribution < -0.4 is 24.8 Å². The zero-order valence-electron chi connectivity index (χ0n) is 22.1. The lowest BCUT2D eigenvalue weighted by Crippen LogP contribution is -2.24. The van der Waals surface area contributed by atoms with Crippen LogP contribution in [-0.2, 0) is 4.79 Å². The summed E-state index contributed by atoms with van der Waals surface area (Å²) in [4.78, 5) is 30.1. The number of nitrogens with zero attached hydrogens (tertiary/aromatic N) is 1. The molecule has 210 valence electrons. The molecule has 1 amide bonds. The summed E-state index contributed by atoms with van der Waals surface area (Å²) in [5.74, 6) is 0.364. The molecule has 0 aliphatic rings. The van der Waals surface area contributed by atoms with Crippen molar-refractivity contribution in [2.45, 2.75) is 30.8 Å². The largest absolute Gasteiger partial charge is 0.497 e. The van der Waals surface area contributed by atoms with Gasteiger partial charge in [0.05, 0.1) is 36.5 Å². The summed E-state index contributed by atoms with van der Waals surface area (Å²) in [6.07, 6.45) is 0. The molecule has 3 aromatic carbocycles. The highest BCUT2D eigenvalue weighted by atomic mass is 32.2. The maximum atomic E-state index is 13.0. The van der Waals surface area contributed by atoms with Gasteiger partial charge in [0.1, 0.15) is 17.2 Å². The van der Waals surface area contributed by atoms with Crippen LogP contribution in [0.3, 0.4) is 0 Å². The number of fused-ring (bicyclic) bond motifs is 1. The van der Waals surface area contributed by atoms with E-state index < -0.39 is 12.5 Å². The molecule has 40 heavy (non-hydrogen) atoms. The molecule has 0 bridgehead atoms. The minimum absolute atomic E-state index is 0.0209. The molecule has 1 aromatic heterocycles. The SMILES string of the molecule is COc1ccc(C(C)NCC(=O)Sc2nc3ccc(NC(=O)c4ccc(OC(F)F)c(C)c4OC)cc3s2)cc1. The second-order valence-electron chi connectivity index (χ2n) is 8.61. The number of carbonyl (C=O) groups excluding carboxylic acids is 2. The maximum absolute atomic E-state index is 13.0. The monoisotopic (exact) mass is 587 g/mol. The van der Waals surface area contributed by atoms with Crippen LogP contribution >= 0.6 is 23.1 Å². The Kier molecular flexibility index (Phi) is 9.56. The van der Waals surface area contributed by atoms with Gasteiger partial charge in [0, 0.05) is 17.3 Å². The first-order valence-corrected chi connectivity index (χ1v) is 13.7. The minimum atomic E-state index is -2.99. The summed E-state index contributed by atoms with van der Waals surface area (Å²) in [5.41, 5.74) is 2.70. The average molecular weight is 588 g/mol. The third kappa shape index (κ3) is 7.06. The number of thioether (sulfide) groups is 1. The highest BCUT2D eigenvalue weighted by Gasteiger charge is 2.20. The number of hydrogen-bond acceptors (Lipinski definition) is 9. The molecule has 4 rings (SSSR count). The molecule has 1 unspecified atom stereocenters. The molecular weight excluding hydrogens is 560 g/mol. The summed E-state index contributed by atoms with van der Waals surface area (Å²) < 4.78 is 41.7. The van der Waals surface area contributed by atoms with Crippen molar-refractivity contribution in [1.29, 1.82) is 0 Å². The van der Waals surface area contributed by atoms with Crippen LogP contribution in [0.5, 0.6) is 17.2 Å². The molecular formula is C28H27F2N3O5S2. The van der Waals surface area contributed by atoms with E-state index in [4.69, 9.17) is 9.47 Å². The molecule has 0 saturated carbocycles. The van der Waals surface area contributed by atoms with E-state index in [1.54, 1.807) is 25.3 Å². The first-order valence-electron chi connectivity index (χ1n) is 12.1. The third-order valence-electron chi connectivity index (χ3n) is 6.02. The van der Waals surface area contributed by atoms with Crippen LogP contribution in [0.1, 0.15) is 34.5 Å². The predicted molar refractivity (Wildman–Crippen MR) is 152 cm³/mol. The van der Waals surface area contributed by atoms with Gasteiger partial charge in [-0.1, -0.05) is 12.1 Å². The Balaban J connectivity index is 1.39. The van der Waals surface area contributed by atoms with E-state index in [1.165, 1.54) is 37.5 Å². The fourth-order valence-corrected chi connectivity index (χ4v) is 5.89. The topological polar surface area (TPSA) is 98.8 Å². The Labute approximate surface area is 238 Å². The van der Waals surface area contributed by atoms with Gasteiger partial charge in [-0.2, -0.15) is 8.78 Å². The normalized spacial score (nSPS) is 11.9. The molecule has 0 saturated heterocycles. The van der Waals surface area contributed by atoms with Crippen molar-refractivity contribution < 1.29 is 32.6 Å². The van der Waals surface area contributed by atoms with Crippen molar-refractivity contribution in [3.8, 4) is 17.2 Å². The molecule has 0 spiro atoms. The van der Waals surface area contributed by atoms with Crippen LogP contribution in [0, 0.1) is 6.92 Å². The maximum Gasteiger partial charge on any atom is 0.387 e. The zero-order valence-corrected chi connectivity index (χ0v) is 23.8. The number of anilines is 1. The van der Waals surface area contributed by atoms with Gasteiger partial charge >= 0.3 is 6.61 Å². The highest BCUT2D eigenvalue weighted by molar-refractivity contribution is 8.15. The summed E-state index contributed by atoms with van der Waals surface area (Å²) in [5, 5.41) is 5.95. The van der Waals surface area contributed by atoms with E-state index in [1.807, 2.05) is 31.2 Å². The van der Waals surface area contributed by atoms with E-state index in [2.05, 4.69) is 20.4 Å². The Bertz CT molecular complexity index is 1510. The second kappa shape index (κ2) is 13.1. The number of aromatic nitrogens is 1. The average Bonchev–Trinajstić information content (AvgIpc) is 3.33. The number of halogens is 2. The molecule has 0 fully saturated rings. The molecule has 2 N–H and O–H groups in total. The Hall–Kier alpha value is -3.74. The number of carbonyl (C=O) groups is 2. The number of benzene rings is 3. The third-order valence-corrected chi connectivity index (χ3v) is 7.97. The Morgan fingerprint density at radius 3 is 2.48 bits per heavy atom. The van der Waals surface area contributed by atoms with Crippen LogP contribution in [0.4, 0.5) is 14.5 Å². The molecule has 1 heterocycles. The van der Waals surface area contributed by atoms with Crippen molar-refractivity contribution in [2.24, 2.45) is 0 Å². The molecule has 0 radical (unpaired) electrons. The summed E-state index contributed by atoms with van der Waals surface area (Å²) >= 11 is 2.40. The van der Waals surface area contributed by atoms with Crippen LogP contribution in [0.25, 0.3) is 10.2 Å². The number of nitrogens with one attached hydrogen (secondary N) is 2. The number of rotatable bonds is 11. The summed E-state index contributed by atoms with van der Waals surface area (Å²) in [7, 11) is 2.96. The van der Waals surface area contributed by atoms with Crippen LogP contribution in [0.15, 0.2) is 58.9 Å². The standard InChI is InChI=1S/C28H27F2N3O5S2/c1-15-22(38-27(29)30)12-10-20(25(15)37-4)26(35)32-18-7-11-21-23(13-18)39-28(33-21)40-24(34)14-31-16(2)17-5-8-19(36-3)9-6-17/h5-13,16,27,31H,14H2,1-4H3,(H,32,35). The quantitative estimate of drug-likeness (QED) is 0.193. The number of ether oxygens (including phenoxy) is 3. The first kappa shape index (κ1) is 29.2. The molecule has 0 aliphatic carbocycles. The Morgan fingerprint density at radius 1 is 1.05 bits per heavy atom. The Morgan fingerprint density at radius 2 is 1.80 bits per heavy atom. The van der Waals surface area contributed by atoms with E-state index in [0.717, 1.165) is 27.8 Å². The van der Waals surface area contributed by atoms with Crippen molar-refractivity contribution in [1.82, 2.24) is 10.3 Å². The summed E-state index contributed by atoms with van der Waals surface area (Å²) in [6, 6.07) is 15.5. The van der Waals surface area contributed by atoms with Crippen molar-refractivity contribution in [2.75, 3.05) is 26.1 Å². The lowest BCUT2D eigenvalue weighted by molar-refractivity contribution is -0.110. The molecule has 0 aliphatic heterocycles. The second-order valence-corrected chi connectivity index (χ2v) is 10.9. The van der Waals surface area contributed by atoms with Gasteiger partial charge < -0.3 is 24.8 Å². The number of thiazole rings is 1. The number of alkyl halides is 2. The van der Waals surface area contributed by atoms with Crippen molar-refractivity contribution in [3.63, 3.8) is 0 Å². The lowest BCUT2D eigenvalue weighted by Gasteiger charge is -2.15. The fraction of sp³-hybridized carbons (Fsp3) is 0.250. The van der Waals surface area contributed by atoms with E-state index in [-0.39, 0.29) is 40.3 Å². The fourth-order valence-electron chi connectivity index (χ4n) is 3.94. The minimum Gasteiger partial charge on any atom is -0.497 e. The van der Waals surface area contributed by atoms with Crippen molar-refractivity contribution >= 4 is 50.0 Å². The van der Waals surface area contributed by atoms with Gasteiger partial charge in [0.25, 0.3) is 5.91 Å². The highest BCUT2D eigenvalue weighted by Crippen LogP contribution is 2.34. The van der Waals surface area contributed by atoms with Gasteiger partial charge in [-0.3, -0.25) is 9.59 Å². The number of amides is 1. The van der Waals surface area contributed by atoms with E-state index >= 15 is 0 Å². The van der Waals surface area contributed by atoms with Crippen LogP contribution in [0.2, 0.25) is 0 Å². The van der Waals surface area contributed by atoms with Crippen LogP contribution in [-0.4, -0.2) is 43.4 Å². The molecule has 4 aromatic rings. The summed E-state index contributed by atoms with van der Waals surface area (Å²) in [6.45, 7) is 0.686. The zero-order chi connectivity index (χ0) is 28.8. The number of methoxy groups -OCH3 is 2. The number of hydrogen-bond donors (Lipinski definition) is 2. The van der Waals surface area contributed by atoms with Gasteiger partial charge in [-0.05, 0) is 73.6 Å². The van der Waals surface area contributed by atoms with Crippen molar-refractivity contribution in [3.05, 3.63) is 71.3 Å². The van der Waals surface area contributed by atoms with Gasteiger partial charge in [-0.25, -0.2) is 4.98 Å². The van der Waals surface area contributed by atoms with E-state index in [0.29, 0.717) is 15.5 Å². The predicted octanol–water partition coefficient (Wildman–Crippen LogP) is 6.45. The van der Waals surface area contributed by atoms with Gasteiger partial charge in [-0.15, -0.1) is 11.3 Å². The van der Waals surface area contributed by atoms with E-state index in [9.17, 15) is 18.4 Å². The lowest BCUT2D eigenvalue weighted by atomic mass is 10.1. The molecule has 8 nitrogen and oxygen atoms in total. The first-order chi connectivity index (χ1) is 19.2. The smallest absolute Gasteiger partial charge is 0.387 e. The van der Waals surface area contributed by atoms with Gasteiger partial charge in [0.2, 0.25) is 5.12 Å². The molecule has 12 heteroatoms. The van der Waals surface area contributed by atoms with Gasteiger partial charge in [0.15, 0.2) is 4.34 Å².